The molecule has 0 amide bonds. The van der Waals surface area contributed by atoms with Crippen LogP contribution in [0, 0.1) is 6.92 Å². The van der Waals surface area contributed by atoms with Crippen molar-refractivity contribution in [1.29, 1.82) is 0 Å². The maximum absolute atomic E-state index is 13.0. The maximum atomic E-state index is 13.0. The Labute approximate surface area is 186 Å². The molecule has 1 N–H and O–H groups in total. The summed E-state index contributed by atoms with van der Waals surface area (Å²) < 4.78 is 61.3. The zero-order valence-electron chi connectivity index (χ0n) is 17.0. The van der Waals surface area contributed by atoms with Crippen molar-refractivity contribution in [2.24, 2.45) is 0 Å². The number of hydrogen-bond donors (Lipinski definition) is 1. The third-order valence-corrected chi connectivity index (χ3v) is 9.75. The first kappa shape index (κ1) is 21.8. The third kappa shape index (κ3) is 4.33. The van der Waals surface area contributed by atoms with E-state index < -0.39 is 20.0 Å². The molecule has 0 bridgehead atoms. The van der Waals surface area contributed by atoms with Crippen LogP contribution in [0.25, 0.3) is 0 Å². The van der Waals surface area contributed by atoms with Gasteiger partial charge in [0.1, 0.15) is 14.9 Å². The third-order valence-electron chi connectivity index (χ3n) is 5.13. The van der Waals surface area contributed by atoms with Gasteiger partial charge in [-0.15, -0.1) is 11.3 Å². The minimum Gasteiger partial charge on any atom is -0.495 e. The number of rotatable bonds is 6. The maximum Gasteiger partial charge on any atom is 0.265 e. The Morgan fingerprint density at radius 3 is 2.55 bits per heavy atom. The lowest BCUT2D eigenvalue weighted by Gasteiger charge is -2.28. The second-order valence-corrected chi connectivity index (χ2v) is 12.0. The molecule has 4 rings (SSSR count). The second-order valence-electron chi connectivity index (χ2n) is 7.26. The molecule has 0 spiro atoms. The van der Waals surface area contributed by atoms with Crippen LogP contribution in [0.15, 0.2) is 63.0 Å². The smallest absolute Gasteiger partial charge is 0.265 e. The summed E-state index contributed by atoms with van der Waals surface area (Å²) in [7, 11) is -6.04. The van der Waals surface area contributed by atoms with Crippen molar-refractivity contribution in [3.63, 3.8) is 0 Å². The molecule has 1 aliphatic heterocycles. The van der Waals surface area contributed by atoms with Crippen molar-refractivity contribution in [2.75, 3.05) is 18.4 Å². The molecule has 1 aromatic heterocycles. The number of ether oxygens (including phenoxy) is 1. The molecule has 31 heavy (non-hydrogen) atoms. The minimum atomic E-state index is -3.89. The van der Waals surface area contributed by atoms with Crippen LogP contribution in [0.5, 0.6) is 5.75 Å². The lowest BCUT2D eigenvalue weighted by Crippen LogP contribution is -2.35. The van der Waals surface area contributed by atoms with Crippen LogP contribution in [0.2, 0.25) is 0 Å². The number of nitrogens with one attached hydrogen (secondary N) is 1. The quantitative estimate of drug-likeness (QED) is 0.584. The Morgan fingerprint density at radius 2 is 1.84 bits per heavy atom. The van der Waals surface area contributed by atoms with Crippen LogP contribution in [-0.4, -0.2) is 34.8 Å². The zero-order chi connectivity index (χ0) is 22.2. The van der Waals surface area contributed by atoms with E-state index in [1.807, 2.05) is 6.07 Å². The predicted octanol–water partition coefficient (Wildman–Crippen LogP) is 3.61. The molecule has 10 heteroatoms. The topological polar surface area (TPSA) is 92.8 Å². The van der Waals surface area contributed by atoms with Crippen molar-refractivity contribution in [1.82, 2.24) is 4.31 Å². The molecular formula is C21H22N2O5S3. The Kier molecular flexibility index (Phi) is 5.82. The molecule has 0 fully saturated rings. The number of aryl methyl sites for hydroxylation is 1. The van der Waals surface area contributed by atoms with Crippen molar-refractivity contribution in [3.05, 3.63) is 70.6 Å². The van der Waals surface area contributed by atoms with E-state index in [9.17, 15) is 16.8 Å². The summed E-state index contributed by atoms with van der Waals surface area (Å²) >= 11 is 1.18. The summed E-state index contributed by atoms with van der Waals surface area (Å²) in [5, 5.41) is 1.73. The van der Waals surface area contributed by atoms with Gasteiger partial charge >= 0.3 is 0 Å². The molecule has 0 radical (unpaired) electrons. The fourth-order valence-corrected chi connectivity index (χ4v) is 7.41. The molecule has 0 unspecified atom stereocenters. The van der Waals surface area contributed by atoms with Gasteiger partial charge in [-0.3, -0.25) is 4.72 Å². The summed E-state index contributed by atoms with van der Waals surface area (Å²) in [4.78, 5) is 0.0506. The van der Waals surface area contributed by atoms with Gasteiger partial charge in [0.15, 0.2) is 0 Å². The van der Waals surface area contributed by atoms with E-state index in [1.54, 1.807) is 54.8 Å². The lowest BCUT2D eigenvalue weighted by atomic mass is 10.0. The zero-order valence-corrected chi connectivity index (χ0v) is 19.5. The molecule has 7 nitrogen and oxygen atoms in total. The lowest BCUT2D eigenvalue weighted by molar-refractivity contribution is 0.392. The van der Waals surface area contributed by atoms with Gasteiger partial charge in [0.05, 0.1) is 7.11 Å². The van der Waals surface area contributed by atoms with Crippen molar-refractivity contribution in [3.8, 4) is 5.75 Å². The summed E-state index contributed by atoms with van der Waals surface area (Å²) in [5.41, 5.74) is 2.95. The fourth-order valence-electron chi connectivity index (χ4n) is 3.54. The second kappa shape index (κ2) is 8.27. The Bertz CT molecular complexity index is 1320. The van der Waals surface area contributed by atoms with Crippen LogP contribution in [0.4, 0.5) is 5.69 Å². The van der Waals surface area contributed by atoms with Crippen LogP contribution < -0.4 is 9.46 Å². The number of hydrogen-bond acceptors (Lipinski definition) is 6. The normalized spacial score (nSPS) is 14.8. The number of nitrogens with zero attached hydrogens (tertiary/aromatic N) is 1. The summed E-state index contributed by atoms with van der Waals surface area (Å²) in [6, 6.07) is 13.5. The van der Waals surface area contributed by atoms with E-state index in [2.05, 4.69) is 4.72 Å². The molecule has 0 saturated heterocycles. The number of fused-ring (bicyclic) bond motifs is 1. The Morgan fingerprint density at radius 1 is 1.03 bits per heavy atom. The predicted molar refractivity (Wildman–Crippen MR) is 121 cm³/mol. The number of methoxy groups -OCH3 is 1. The van der Waals surface area contributed by atoms with E-state index in [1.165, 1.54) is 22.8 Å². The van der Waals surface area contributed by atoms with E-state index in [0.29, 0.717) is 22.9 Å². The number of anilines is 1. The molecule has 0 atom stereocenters. The van der Waals surface area contributed by atoms with Gasteiger partial charge in [-0.05, 0) is 65.7 Å². The summed E-state index contributed by atoms with van der Waals surface area (Å²) in [6.45, 7) is 2.39. The van der Waals surface area contributed by atoms with Crippen LogP contribution in [-0.2, 0) is 33.0 Å². The largest absolute Gasteiger partial charge is 0.495 e. The number of benzene rings is 2. The van der Waals surface area contributed by atoms with Crippen molar-refractivity contribution < 1.29 is 21.6 Å². The molecule has 164 valence electrons. The summed E-state index contributed by atoms with van der Waals surface area (Å²) in [6.07, 6.45) is 0.568. The number of sulfonamides is 2. The van der Waals surface area contributed by atoms with Crippen LogP contribution in [0.1, 0.15) is 16.7 Å². The first-order chi connectivity index (χ1) is 14.7. The molecule has 0 saturated carbocycles. The Balaban J connectivity index is 1.62. The van der Waals surface area contributed by atoms with Gasteiger partial charge in [0, 0.05) is 18.8 Å². The number of thiophene rings is 1. The highest BCUT2D eigenvalue weighted by molar-refractivity contribution is 7.92. The van der Waals surface area contributed by atoms with E-state index >= 15 is 0 Å². The highest BCUT2D eigenvalue weighted by Crippen LogP contribution is 2.31. The summed E-state index contributed by atoms with van der Waals surface area (Å²) in [5.74, 6) is 0.254. The average molecular weight is 479 g/mol. The van der Waals surface area contributed by atoms with Crippen molar-refractivity contribution in [2.45, 2.75) is 29.0 Å². The molecule has 0 aliphatic carbocycles. The van der Waals surface area contributed by atoms with Gasteiger partial charge in [-0.25, -0.2) is 16.8 Å². The van der Waals surface area contributed by atoms with Gasteiger partial charge in [0.2, 0.25) is 0 Å². The SMILES string of the molecule is COc1ccc(C)cc1S(=O)(=O)Nc1ccc2c(c1)CN(S(=O)(=O)c1cccs1)CC2. The van der Waals surface area contributed by atoms with Crippen LogP contribution >= 0.6 is 11.3 Å². The molecule has 2 heterocycles. The minimum absolute atomic E-state index is 0.0506. The van der Waals surface area contributed by atoms with Gasteiger partial charge in [0.25, 0.3) is 20.0 Å². The van der Waals surface area contributed by atoms with Gasteiger partial charge in [-0.1, -0.05) is 18.2 Å². The van der Waals surface area contributed by atoms with Crippen LogP contribution in [0.3, 0.4) is 0 Å². The highest BCUT2D eigenvalue weighted by atomic mass is 32.2. The van der Waals surface area contributed by atoms with Gasteiger partial charge < -0.3 is 4.74 Å². The standard InChI is InChI=1S/C21H22N2O5S3/c1-15-5-8-19(28-2)20(12-15)30(24,25)22-18-7-6-16-9-10-23(14-17(16)13-18)31(26,27)21-4-3-11-29-21/h3-8,11-13,22H,9-10,14H2,1-2H3. The monoisotopic (exact) mass is 478 g/mol. The fraction of sp³-hybridized carbons (Fsp3) is 0.238. The molecular weight excluding hydrogens is 456 g/mol. The highest BCUT2D eigenvalue weighted by Gasteiger charge is 2.29. The molecule has 2 aromatic carbocycles. The Hall–Kier alpha value is -2.40. The molecule has 3 aromatic rings. The van der Waals surface area contributed by atoms with E-state index in [4.69, 9.17) is 4.74 Å². The van der Waals surface area contributed by atoms with E-state index in [0.717, 1.165) is 16.7 Å². The molecule has 1 aliphatic rings. The van der Waals surface area contributed by atoms with Gasteiger partial charge in [-0.2, -0.15) is 4.31 Å². The van der Waals surface area contributed by atoms with Crippen molar-refractivity contribution >= 4 is 37.1 Å². The van der Waals surface area contributed by atoms with E-state index in [-0.39, 0.29) is 17.2 Å². The first-order valence-corrected chi connectivity index (χ1v) is 13.3. The average Bonchev–Trinajstić information content (AvgIpc) is 3.29. The first-order valence-electron chi connectivity index (χ1n) is 9.53.